The largest absolute Gasteiger partial charge is 0.497 e. The first-order chi connectivity index (χ1) is 12.6. The van der Waals surface area contributed by atoms with E-state index < -0.39 is 4.92 Å². The van der Waals surface area contributed by atoms with Crippen molar-refractivity contribution in [2.24, 2.45) is 0 Å². The number of rotatable bonds is 6. The van der Waals surface area contributed by atoms with Gasteiger partial charge in [0.15, 0.2) is 11.5 Å². The third kappa shape index (κ3) is 3.08. The van der Waals surface area contributed by atoms with Crippen molar-refractivity contribution in [1.82, 2.24) is 0 Å². The van der Waals surface area contributed by atoms with Crippen LogP contribution in [-0.4, -0.2) is 33.0 Å². The summed E-state index contributed by atoms with van der Waals surface area (Å²) in [5, 5.41) is 11.6. The molecule has 26 heavy (non-hydrogen) atoms. The SMILES string of the molecule is COc1ccc(C(=Cc2cc(OC)c3c(c2OC)OCO3)[N+](=O)[O-])cc1. The third-order valence-electron chi connectivity index (χ3n) is 3.89. The minimum absolute atomic E-state index is 0.0236. The molecule has 1 aliphatic rings. The fourth-order valence-electron chi connectivity index (χ4n) is 2.65. The van der Waals surface area contributed by atoms with Crippen LogP contribution in [0.3, 0.4) is 0 Å². The van der Waals surface area contributed by atoms with Crippen LogP contribution in [0.25, 0.3) is 11.8 Å². The molecule has 0 atom stereocenters. The van der Waals surface area contributed by atoms with Crippen LogP contribution in [0.1, 0.15) is 11.1 Å². The lowest BCUT2D eigenvalue weighted by Gasteiger charge is -2.12. The average molecular weight is 359 g/mol. The fourth-order valence-corrected chi connectivity index (χ4v) is 2.65. The summed E-state index contributed by atoms with van der Waals surface area (Å²) in [6.45, 7) is 0.0236. The highest BCUT2D eigenvalue weighted by molar-refractivity contribution is 5.82. The van der Waals surface area contributed by atoms with E-state index in [0.29, 0.717) is 39.9 Å². The lowest BCUT2D eigenvalue weighted by Crippen LogP contribution is -1.99. The maximum absolute atomic E-state index is 11.6. The van der Waals surface area contributed by atoms with Crippen molar-refractivity contribution >= 4 is 11.8 Å². The lowest BCUT2D eigenvalue weighted by atomic mass is 10.1. The number of ether oxygens (including phenoxy) is 5. The van der Waals surface area contributed by atoms with E-state index in [2.05, 4.69) is 0 Å². The van der Waals surface area contributed by atoms with Crippen LogP contribution in [0, 0.1) is 10.1 Å². The van der Waals surface area contributed by atoms with E-state index in [4.69, 9.17) is 23.7 Å². The van der Waals surface area contributed by atoms with Gasteiger partial charge in [-0.05, 0) is 30.3 Å². The summed E-state index contributed by atoms with van der Waals surface area (Å²) in [5.74, 6) is 2.12. The summed E-state index contributed by atoms with van der Waals surface area (Å²) < 4.78 is 26.6. The first-order valence-corrected chi connectivity index (χ1v) is 7.64. The van der Waals surface area contributed by atoms with Crippen LogP contribution < -0.4 is 23.7 Å². The van der Waals surface area contributed by atoms with Gasteiger partial charge in [0.2, 0.25) is 18.3 Å². The van der Waals surface area contributed by atoms with Gasteiger partial charge in [-0.15, -0.1) is 0 Å². The van der Waals surface area contributed by atoms with Crippen molar-refractivity contribution in [1.29, 1.82) is 0 Å². The van der Waals surface area contributed by atoms with Crippen molar-refractivity contribution in [3.8, 4) is 28.7 Å². The van der Waals surface area contributed by atoms with Gasteiger partial charge in [-0.25, -0.2) is 0 Å². The fraction of sp³-hybridized carbons (Fsp3) is 0.222. The molecule has 1 heterocycles. The zero-order chi connectivity index (χ0) is 18.7. The minimum atomic E-state index is -0.460. The van der Waals surface area contributed by atoms with Crippen molar-refractivity contribution in [3.05, 3.63) is 51.6 Å². The molecule has 3 rings (SSSR count). The Bertz CT molecular complexity index is 859. The molecule has 0 amide bonds. The number of fused-ring (bicyclic) bond motifs is 1. The Morgan fingerprint density at radius 1 is 1.08 bits per heavy atom. The van der Waals surface area contributed by atoms with Gasteiger partial charge in [0, 0.05) is 11.6 Å². The normalized spacial score (nSPS) is 12.7. The number of benzene rings is 2. The summed E-state index contributed by atoms with van der Waals surface area (Å²) in [5.41, 5.74) is 0.762. The highest BCUT2D eigenvalue weighted by Gasteiger charge is 2.27. The average Bonchev–Trinajstić information content (AvgIpc) is 3.14. The summed E-state index contributed by atoms with van der Waals surface area (Å²) in [6.07, 6.45) is 1.41. The Kier molecular flexibility index (Phi) is 4.83. The maximum Gasteiger partial charge on any atom is 0.277 e. The molecule has 8 nitrogen and oxygen atoms in total. The summed E-state index contributed by atoms with van der Waals surface area (Å²) in [6, 6.07) is 8.15. The highest BCUT2D eigenvalue weighted by Crippen LogP contribution is 2.50. The molecule has 0 aliphatic carbocycles. The smallest absolute Gasteiger partial charge is 0.277 e. The molecule has 0 saturated carbocycles. The first-order valence-electron chi connectivity index (χ1n) is 7.64. The van der Waals surface area contributed by atoms with Gasteiger partial charge in [-0.3, -0.25) is 10.1 Å². The van der Waals surface area contributed by atoms with Crippen LogP contribution in [-0.2, 0) is 0 Å². The predicted octanol–water partition coefficient (Wildman–Crippen LogP) is 3.22. The van der Waals surface area contributed by atoms with Crippen LogP contribution >= 0.6 is 0 Å². The van der Waals surface area contributed by atoms with Gasteiger partial charge in [0.1, 0.15) is 5.75 Å². The van der Waals surface area contributed by atoms with Crippen molar-refractivity contribution < 1.29 is 28.6 Å². The van der Waals surface area contributed by atoms with E-state index >= 15 is 0 Å². The van der Waals surface area contributed by atoms with Gasteiger partial charge in [-0.1, -0.05) is 0 Å². The molecule has 2 aromatic carbocycles. The summed E-state index contributed by atoms with van der Waals surface area (Å²) in [4.78, 5) is 11.2. The van der Waals surface area contributed by atoms with Gasteiger partial charge < -0.3 is 23.7 Å². The Balaban J connectivity index is 2.14. The Labute approximate surface area is 149 Å². The standard InChI is InChI=1S/C18H17NO7/c1-22-13-6-4-11(5-7-13)14(19(20)21)8-12-9-15(23-2)17-18(16(12)24-3)26-10-25-17/h4-9H,10H2,1-3H3. The zero-order valence-corrected chi connectivity index (χ0v) is 14.5. The van der Waals surface area contributed by atoms with E-state index in [-0.39, 0.29) is 12.5 Å². The topological polar surface area (TPSA) is 89.3 Å². The summed E-state index contributed by atoms with van der Waals surface area (Å²) >= 11 is 0. The monoisotopic (exact) mass is 359 g/mol. The van der Waals surface area contributed by atoms with Gasteiger partial charge >= 0.3 is 0 Å². The Morgan fingerprint density at radius 3 is 2.35 bits per heavy atom. The molecule has 8 heteroatoms. The van der Waals surface area contributed by atoms with Crippen molar-refractivity contribution in [3.63, 3.8) is 0 Å². The first kappa shape index (κ1) is 17.4. The molecule has 0 N–H and O–H groups in total. The van der Waals surface area contributed by atoms with Crippen molar-refractivity contribution in [2.45, 2.75) is 0 Å². The minimum Gasteiger partial charge on any atom is -0.497 e. The number of nitrogens with zero attached hydrogens (tertiary/aromatic N) is 1. The molecule has 0 spiro atoms. The molecule has 0 unspecified atom stereocenters. The second-order valence-corrected chi connectivity index (χ2v) is 5.28. The second-order valence-electron chi connectivity index (χ2n) is 5.28. The van der Waals surface area contributed by atoms with E-state index in [1.807, 2.05) is 0 Å². The Morgan fingerprint density at radius 2 is 1.77 bits per heavy atom. The Hall–Kier alpha value is -3.42. The van der Waals surface area contributed by atoms with Crippen LogP contribution in [0.4, 0.5) is 0 Å². The van der Waals surface area contributed by atoms with E-state index in [0.717, 1.165) is 0 Å². The molecule has 136 valence electrons. The molecule has 2 aromatic rings. The van der Waals surface area contributed by atoms with Crippen LogP contribution in [0.5, 0.6) is 28.7 Å². The predicted molar refractivity (Wildman–Crippen MR) is 93.5 cm³/mol. The lowest BCUT2D eigenvalue weighted by molar-refractivity contribution is -0.374. The van der Waals surface area contributed by atoms with Gasteiger partial charge in [0.05, 0.1) is 31.8 Å². The number of hydrogen-bond donors (Lipinski definition) is 0. The molecule has 0 saturated heterocycles. The molecular formula is C18H17NO7. The second kappa shape index (κ2) is 7.22. The molecule has 1 aliphatic heterocycles. The maximum atomic E-state index is 11.6. The molecule has 0 radical (unpaired) electrons. The van der Waals surface area contributed by atoms with E-state index in [1.165, 1.54) is 27.4 Å². The quantitative estimate of drug-likeness (QED) is 0.444. The number of hydrogen-bond acceptors (Lipinski definition) is 7. The van der Waals surface area contributed by atoms with Gasteiger partial charge in [0.25, 0.3) is 5.70 Å². The van der Waals surface area contributed by atoms with E-state index in [9.17, 15) is 10.1 Å². The molecule has 0 bridgehead atoms. The van der Waals surface area contributed by atoms with Crippen molar-refractivity contribution in [2.75, 3.05) is 28.1 Å². The molecule has 0 fully saturated rings. The highest BCUT2D eigenvalue weighted by atomic mass is 16.7. The zero-order valence-electron chi connectivity index (χ0n) is 14.5. The molecular weight excluding hydrogens is 342 g/mol. The van der Waals surface area contributed by atoms with Crippen LogP contribution in [0.2, 0.25) is 0 Å². The number of methoxy groups -OCH3 is 3. The number of nitro groups is 1. The van der Waals surface area contributed by atoms with Gasteiger partial charge in [-0.2, -0.15) is 0 Å². The van der Waals surface area contributed by atoms with E-state index in [1.54, 1.807) is 30.3 Å². The van der Waals surface area contributed by atoms with Crippen LogP contribution in [0.15, 0.2) is 30.3 Å². The molecule has 0 aromatic heterocycles. The third-order valence-corrected chi connectivity index (χ3v) is 3.89. The summed E-state index contributed by atoms with van der Waals surface area (Å²) in [7, 11) is 4.47.